The predicted octanol–water partition coefficient (Wildman–Crippen LogP) is 3.01. The molecule has 2 rings (SSSR count). The third kappa shape index (κ3) is 7.19. The minimum Gasteiger partial charge on any atom is -0.497 e. The van der Waals surface area contributed by atoms with Gasteiger partial charge in [0.15, 0.2) is 0 Å². The van der Waals surface area contributed by atoms with E-state index in [1.807, 2.05) is 19.9 Å². The monoisotopic (exact) mass is 386 g/mol. The molecule has 2 N–H and O–H groups in total. The number of carbonyl (C=O) groups excluding carboxylic acids is 2. The Hall–Kier alpha value is -3.22. The first-order valence-electron chi connectivity index (χ1n) is 9.07. The average Bonchev–Trinajstić information content (AvgIpc) is 2.67. The summed E-state index contributed by atoms with van der Waals surface area (Å²) < 4.78 is 16.2. The Bertz CT molecular complexity index is 775. The van der Waals surface area contributed by atoms with Gasteiger partial charge in [0.05, 0.1) is 25.4 Å². The van der Waals surface area contributed by atoms with Crippen LogP contribution in [0.2, 0.25) is 0 Å². The summed E-state index contributed by atoms with van der Waals surface area (Å²) in [6, 6.07) is 14.3. The zero-order valence-corrected chi connectivity index (χ0v) is 16.4. The Morgan fingerprint density at radius 2 is 1.64 bits per heavy atom. The molecule has 0 radical (unpaired) electrons. The smallest absolute Gasteiger partial charge is 0.233 e. The third-order valence-corrected chi connectivity index (χ3v) is 3.60. The molecule has 0 unspecified atom stereocenters. The van der Waals surface area contributed by atoms with Crippen LogP contribution in [0.5, 0.6) is 17.2 Å². The Labute approximate surface area is 165 Å². The topological polar surface area (TPSA) is 85.9 Å². The lowest BCUT2D eigenvalue weighted by molar-refractivity contribution is -0.126. The molecule has 0 aliphatic rings. The van der Waals surface area contributed by atoms with Crippen LogP contribution >= 0.6 is 0 Å². The van der Waals surface area contributed by atoms with Gasteiger partial charge in [0, 0.05) is 0 Å². The molecule has 0 saturated carbocycles. The molecular formula is C21H26N2O5. The van der Waals surface area contributed by atoms with Gasteiger partial charge < -0.3 is 24.8 Å². The largest absolute Gasteiger partial charge is 0.497 e. The highest BCUT2D eigenvalue weighted by Gasteiger charge is 2.12. The first-order chi connectivity index (χ1) is 13.5. The number of para-hydroxylation sites is 2. The van der Waals surface area contributed by atoms with Gasteiger partial charge in [-0.05, 0) is 50.2 Å². The van der Waals surface area contributed by atoms with Gasteiger partial charge in [-0.15, -0.1) is 0 Å². The summed E-state index contributed by atoms with van der Waals surface area (Å²) >= 11 is 0. The Balaban J connectivity index is 1.71. The molecule has 0 aliphatic carbocycles. The van der Waals surface area contributed by atoms with Crippen molar-refractivity contribution in [1.82, 2.24) is 5.32 Å². The van der Waals surface area contributed by atoms with Gasteiger partial charge in [-0.25, -0.2) is 0 Å². The van der Waals surface area contributed by atoms with E-state index in [0.29, 0.717) is 30.3 Å². The number of methoxy groups -OCH3 is 1. The second-order valence-electron chi connectivity index (χ2n) is 6.26. The number of hydrogen-bond donors (Lipinski definition) is 2. The standard InChI is InChI=1S/C21H26N2O5/c1-15(2)28-19-7-5-4-6-18(19)23-21(25)14-20(24)22-12-13-27-17-10-8-16(26-3)9-11-17/h4-11,15H,12-14H2,1-3H3,(H,22,24)(H,23,25). The molecule has 150 valence electrons. The fourth-order valence-electron chi connectivity index (χ4n) is 2.36. The van der Waals surface area contributed by atoms with Crippen molar-refractivity contribution in [2.24, 2.45) is 0 Å². The van der Waals surface area contributed by atoms with Crippen LogP contribution in [-0.2, 0) is 9.59 Å². The number of rotatable bonds is 10. The minimum atomic E-state index is -0.409. The van der Waals surface area contributed by atoms with E-state index in [9.17, 15) is 9.59 Å². The molecule has 7 nitrogen and oxygen atoms in total. The maximum absolute atomic E-state index is 12.1. The summed E-state index contributed by atoms with van der Waals surface area (Å²) in [7, 11) is 1.59. The number of amides is 2. The Morgan fingerprint density at radius 1 is 0.964 bits per heavy atom. The van der Waals surface area contributed by atoms with E-state index >= 15 is 0 Å². The van der Waals surface area contributed by atoms with Crippen molar-refractivity contribution >= 4 is 17.5 Å². The first-order valence-corrected chi connectivity index (χ1v) is 9.07. The van der Waals surface area contributed by atoms with Crippen LogP contribution in [0.25, 0.3) is 0 Å². The molecule has 2 aromatic rings. The molecule has 0 atom stereocenters. The van der Waals surface area contributed by atoms with Crippen LogP contribution in [0.4, 0.5) is 5.69 Å². The molecule has 7 heteroatoms. The highest BCUT2D eigenvalue weighted by molar-refractivity contribution is 6.04. The highest BCUT2D eigenvalue weighted by atomic mass is 16.5. The molecule has 0 saturated heterocycles. The van der Waals surface area contributed by atoms with Crippen molar-refractivity contribution in [3.05, 3.63) is 48.5 Å². The van der Waals surface area contributed by atoms with Crippen LogP contribution < -0.4 is 24.8 Å². The van der Waals surface area contributed by atoms with Gasteiger partial charge in [-0.1, -0.05) is 12.1 Å². The fourth-order valence-corrected chi connectivity index (χ4v) is 2.36. The van der Waals surface area contributed by atoms with Crippen LogP contribution in [0.15, 0.2) is 48.5 Å². The zero-order valence-electron chi connectivity index (χ0n) is 16.4. The molecule has 0 aromatic heterocycles. The maximum Gasteiger partial charge on any atom is 0.233 e. The lowest BCUT2D eigenvalue weighted by Crippen LogP contribution is -2.31. The fraction of sp³-hybridized carbons (Fsp3) is 0.333. The normalized spacial score (nSPS) is 10.3. The van der Waals surface area contributed by atoms with Crippen molar-refractivity contribution in [1.29, 1.82) is 0 Å². The number of hydrogen-bond acceptors (Lipinski definition) is 5. The van der Waals surface area contributed by atoms with Gasteiger partial charge >= 0.3 is 0 Å². The van der Waals surface area contributed by atoms with Gasteiger partial charge in [-0.3, -0.25) is 9.59 Å². The van der Waals surface area contributed by atoms with Crippen molar-refractivity contribution in [3.63, 3.8) is 0 Å². The average molecular weight is 386 g/mol. The van der Waals surface area contributed by atoms with E-state index in [1.165, 1.54) is 0 Å². The lowest BCUT2D eigenvalue weighted by Gasteiger charge is -2.14. The molecule has 0 heterocycles. The Kier molecular flexibility index (Phi) is 8.14. The minimum absolute atomic E-state index is 0.0212. The quantitative estimate of drug-likeness (QED) is 0.484. The van der Waals surface area contributed by atoms with Gasteiger partial charge in [0.25, 0.3) is 0 Å². The lowest BCUT2D eigenvalue weighted by atomic mass is 10.2. The number of ether oxygens (including phenoxy) is 3. The van der Waals surface area contributed by atoms with Crippen molar-refractivity contribution in [2.75, 3.05) is 25.6 Å². The van der Waals surface area contributed by atoms with E-state index in [4.69, 9.17) is 14.2 Å². The molecule has 0 aliphatic heterocycles. The van der Waals surface area contributed by atoms with E-state index < -0.39 is 5.91 Å². The SMILES string of the molecule is COc1ccc(OCCNC(=O)CC(=O)Nc2ccccc2OC(C)C)cc1. The summed E-state index contributed by atoms with van der Waals surface area (Å²) in [5, 5.41) is 5.36. The summed E-state index contributed by atoms with van der Waals surface area (Å²) in [5.41, 5.74) is 0.539. The number of carbonyl (C=O) groups is 2. The van der Waals surface area contributed by atoms with Crippen LogP contribution in [0.1, 0.15) is 20.3 Å². The van der Waals surface area contributed by atoms with Gasteiger partial charge in [0.2, 0.25) is 11.8 Å². The summed E-state index contributed by atoms with van der Waals surface area (Å²) in [6.45, 7) is 4.40. The van der Waals surface area contributed by atoms with E-state index in [2.05, 4.69) is 10.6 Å². The van der Waals surface area contributed by atoms with Crippen LogP contribution in [-0.4, -0.2) is 38.2 Å². The number of nitrogens with one attached hydrogen (secondary N) is 2. The van der Waals surface area contributed by atoms with Gasteiger partial charge in [-0.2, -0.15) is 0 Å². The summed E-state index contributed by atoms with van der Waals surface area (Å²) in [6.07, 6.45) is -0.300. The molecule has 2 aromatic carbocycles. The second kappa shape index (κ2) is 10.8. The van der Waals surface area contributed by atoms with Crippen molar-refractivity contribution in [3.8, 4) is 17.2 Å². The molecule has 0 fully saturated rings. The Morgan fingerprint density at radius 3 is 2.32 bits per heavy atom. The van der Waals surface area contributed by atoms with Crippen molar-refractivity contribution in [2.45, 2.75) is 26.4 Å². The van der Waals surface area contributed by atoms with E-state index in [-0.39, 0.29) is 18.4 Å². The summed E-state index contributed by atoms with van der Waals surface area (Å²) in [4.78, 5) is 24.0. The first kappa shape index (κ1) is 21.1. The molecule has 0 spiro atoms. The maximum atomic E-state index is 12.1. The van der Waals surface area contributed by atoms with Crippen molar-refractivity contribution < 1.29 is 23.8 Å². The van der Waals surface area contributed by atoms with Crippen LogP contribution in [0, 0.1) is 0 Å². The summed E-state index contributed by atoms with van der Waals surface area (Å²) in [5.74, 6) is 1.20. The highest BCUT2D eigenvalue weighted by Crippen LogP contribution is 2.24. The molecular weight excluding hydrogens is 360 g/mol. The van der Waals surface area contributed by atoms with Crippen LogP contribution in [0.3, 0.4) is 0 Å². The van der Waals surface area contributed by atoms with E-state index in [1.54, 1.807) is 49.6 Å². The number of benzene rings is 2. The number of anilines is 1. The predicted molar refractivity (Wildman–Crippen MR) is 107 cm³/mol. The molecule has 28 heavy (non-hydrogen) atoms. The van der Waals surface area contributed by atoms with Gasteiger partial charge in [0.1, 0.15) is 30.3 Å². The third-order valence-electron chi connectivity index (χ3n) is 3.60. The molecule has 0 bridgehead atoms. The molecule has 2 amide bonds. The zero-order chi connectivity index (χ0) is 20.4. The van der Waals surface area contributed by atoms with E-state index in [0.717, 1.165) is 5.75 Å². The second-order valence-corrected chi connectivity index (χ2v) is 6.26.